The molecule has 2 aromatic rings. The number of hydrogen-bond acceptors (Lipinski definition) is 4. The summed E-state index contributed by atoms with van der Waals surface area (Å²) in [4.78, 5) is 4.49. The van der Waals surface area contributed by atoms with Crippen LogP contribution in [0.3, 0.4) is 0 Å². The molecule has 2 N–H and O–H groups in total. The molecule has 7 heteroatoms. The lowest BCUT2D eigenvalue weighted by Crippen LogP contribution is -2.38. The Morgan fingerprint density at radius 1 is 1.24 bits per heavy atom. The van der Waals surface area contributed by atoms with Gasteiger partial charge in [0, 0.05) is 31.5 Å². The Kier molecular flexibility index (Phi) is 3.56. The van der Waals surface area contributed by atoms with Crippen molar-refractivity contribution in [2.75, 3.05) is 6.54 Å². The zero-order valence-electron chi connectivity index (χ0n) is 11.8. The largest absolute Gasteiger partial charge is 0.333 e. The number of nitrogens with two attached hydrogens (primary N) is 1. The highest BCUT2D eigenvalue weighted by molar-refractivity contribution is 7.89. The summed E-state index contributed by atoms with van der Waals surface area (Å²) in [5.41, 5.74) is 6.71. The number of hydrogen-bond donors (Lipinski definition) is 1. The minimum atomic E-state index is -3.49. The van der Waals surface area contributed by atoms with Crippen molar-refractivity contribution in [2.24, 2.45) is 5.73 Å². The summed E-state index contributed by atoms with van der Waals surface area (Å²) in [6.45, 7) is 3.27. The van der Waals surface area contributed by atoms with Crippen LogP contribution in [0.1, 0.15) is 24.4 Å². The van der Waals surface area contributed by atoms with Crippen LogP contribution in [0.25, 0.3) is 0 Å². The van der Waals surface area contributed by atoms with Gasteiger partial charge in [-0.1, -0.05) is 12.1 Å². The Morgan fingerprint density at radius 2 is 1.95 bits per heavy atom. The topological polar surface area (TPSA) is 81.2 Å². The maximum absolute atomic E-state index is 12.7. The number of nitrogens with zero attached hydrogens (tertiary/aromatic N) is 3. The van der Waals surface area contributed by atoms with Gasteiger partial charge in [0.2, 0.25) is 10.0 Å². The van der Waals surface area contributed by atoms with Gasteiger partial charge in [-0.3, -0.25) is 0 Å². The second kappa shape index (κ2) is 5.25. The van der Waals surface area contributed by atoms with Crippen molar-refractivity contribution in [3.05, 3.63) is 48.0 Å². The molecule has 0 amide bonds. The van der Waals surface area contributed by atoms with E-state index in [-0.39, 0.29) is 6.04 Å². The molecule has 0 saturated heterocycles. The minimum absolute atomic E-state index is 0.107. The average Bonchev–Trinajstić information content (AvgIpc) is 2.94. The van der Waals surface area contributed by atoms with Crippen LogP contribution in [0.2, 0.25) is 0 Å². The molecule has 1 atom stereocenters. The smallest absolute Gasteiger partial charge is 0.243 e. The molecule has 0 fully saturated rings. The van der Waals surface area contributed by atoms with Crippen LogP contribution in [0.15, 0.2) is 41.6 Å². The third kappa shape index (κ3) is 2.59. The Labute approximate surface area is 124 Å². The first kappa shape index (κ1) is 14.2. The summed E-state index contributed by atoms with van der Waals surface area (Å²) in [6, 6.07) is 6.67. The van der Waals surface area contributed by atoms with E-state index in [4.69, 9.17) is 5.73 Å². The third-order valence-electron chi connectivity index (χ3n) is 3.75. The summed E-state index contributed by atoms with van der Waals surface area (Å²) >= 11 is 0. The zero-order chi connectivity index (χ0) is 15.0. The molecule has 0 bridgehead atoms. The molecule has 0 aliphatic carbocycles. The van der Waals surface area contributed by atoms with E-state index in [1.165, 1.54) is 4.31 Å². The van der Waals surface area contributed by atoms with E-state index < -0.39 is 10.0 Å². The van der Waals surface area contributed by atoms with E-state index in [1.54, 1.807) is 30.5 Å². The van der Waals surface area contributed by atoms with Crippen LogP contribution >= 0.6 is 0 Å². The molecular weight excluding hydrogens is 288 g/mol. The fourth-order valence-electron chi connectivity index (χ4n) is 2.45. The van der Waals surface area contributed by atoms with Gasteiger partial charge in [-0.2, -0.15) is 4.31 Å². The van der Waals surface area contributed by atoms with Gasteiger partial charge in [-0.15, -0.1) is 0 Å². The predicted molar refractivity (Wildman–Crippen MR) is 78.9 cm³/mol. The first-order valence-corrected chi connectivity index (χ1v) is 8.28. The van der Waals surface area contributed by atoms with Gasteiger partial charge < -0.3 is 10.3 Å². The van der Waals surface area contributed by atoms with Crippen molar-refractivity contribution in [2.45, 2.75) is 31.0 Å². The van der Waals surface area contributed by atoms with Gasteiger partial charge in [0.1, 0.15) is 5.82 Å². The molecule has 1 aromatic heterocycles. The number of fused-ring (bicyclic) bond motifs is 1. The molecule has 3 rings (SSSR count). The molecule has 2 heterocycles. The monoisotopic (exact) mass is 306 g/mol. The summed E-state index contributed by atoms with van der Waals surface area (Å²) in [6.07, 6.45) is 3.57. The maximum Gasteiger partial charge on any atom is 0.243 e. The normalized spacial score (nSPS) is 17.4. The Morgan fingerprint density at radius 3 is 2.62 bits per heavy atom. The van der Waals surface area contributed by atoms with Gasteiger partial charge in [-0.05, 0) is 24.6 Å². The number of imidazole rings is 1. The number of benzene rings is 1. The molecule has 1 aromatic carbocycles. The maximum atomic E-state index is 12.7. The molecule has 0 spiro atoms. The van der Waals surface area contributed by atoms with Gasteiger partial charge in [0.15, 0.2) is 0 Å². The first-order chi connectivity index (χ1) is 9.98. The molecule has 1 aliphatic rings. The summed E-state index contributed by atoms with van der Waals surface area (Å²) < 4.78 is 28.8. The predicted octanol–water partition coefficient (Wildman–Crippen LogP) is 1.11. The summed E-state index contributed by atoms with van der Waals surface area (Å²) in [5.74, 6) is 0.775. The number of sulfonamides is 1. The molecule has 0 radical (unpaired) electrons. The SMILES string of the molecule is CC(N)c1ccc(S(=O)(=O)N2CCn3ccnc3C2)cc1. The van der Waals surface area contributed by atoms with E-state index in [2.05, 4.69) is 4.98 Å². The van der Waals surface area contributed by atoms with E-state index in [9.17, 15) is 8.42 Å². The van der Waals surface area contributed by atoms with Crippen molar-refractivity contribution in [1.82, 2.24) is 13.9 Å². The second-order valence-corrected chi connectivity index (χ2v) is 7.17. The van der Waals surface area contributed by atoms with Crippen molar-refractivity contribution < 1.29 is 8.42 Å². The standard InChI is InChI=1S/C14H18N4O2S/c1-11(15)12-2-4-13(5-3-12)21(19,20)18-9-8-17-7-6-16-14(17)10-18/h2-7,11H,8-10,15H2,1H3. The van der Waals surface area contributed by atoms with Crippen molar-refractivity contribution in [3.63, 3.8) is 0 Å². The lowest BCUT2D eigenvalue weighted by atomic mass is 10.1. The molecule has 1 aliphatic heterocycles. The second-order valence-electron chi connectivity index (χ2n) is 5.23. The number of aromatic nitrogens is 2. The molecule has 112 valence electrons. The van der Waals surface area contributed by atoms with Gasteiger partial charge >= 0.3 is 0 Å². The van der Waals surface area contributed by atoms with Crippen molar-refractivity contribution in [1.29, 1.82) is 0 Å². The Bertz CT molecular complexity index is 735. The van der Waals surface area contributed by atoms with Crippen molar-refractivity contribution in [3.8, 4) is 0 Å². The van der Waals surface area contributed by atoms with E-state index >= 15 is 0 Å². The van der Waals surface area contributed by atoms with Crippen LogP contribution in [-0.2, 0) is 23.1 Å². The fourth-order valence-corrected chi connectivity index (χ4v) is 3.83. The van der Waals surface area contributed by atoms with Crippen LogP contribution < -0.4 is 5.73 Å². The van der Waals surface area contributed by atoms with Crippen LogP contribution in [0.4, 0.5) is 0 Å². The lowest BCUT2D eigenvalue weighted by Gasteiger charge is -2.27. The molecule has 1 unspecified atom stereocenters. The lowest BCUT2D eigenvalue weighted by molar-refractivity contribution is 0.335. The van der Waals surface area contributed by atoms with E-state index in [0.717, 1.165) is 11.4 Å². The van der Waals surface area contributed by atoms with Gasteiger partial charge in [0.05, 0.1) is 11.4 Å². The third-order valence-corrected chi connectivity index (χ3v) is 5.61. The van der Waals surface area contributed by atoms with Gasteiger partial charge in [0.25, 0.3) is 0 Å². The highest BCUT2D eigenvalue weighted by Gasteiger charge is 2.28. The van der Waals surface area contributed by atoms with Crippen molar-refractivity contribution >= 4 is 10.0 Å². The molecule has 21 heavy (non-hydrogen) atoms. The van der Waals surface area contributed by atoms with Gasteiger partial charge in [-0.25, -0.2) is 13.4 Å². The quantitative estimate of drug-likeness (QED) is 0.921. The average molecular weight is 306 g/mol. The highest BCUT2D eigenvalue weighted by Crippen LogP contribution is 2.22. The van der Waals surface area contributed by atoms with Crippen LogP contribution in [0, 0.1) is 0 Å². The summed E-state index contributed by atoms with van der Waals surface area (Å²) in [5, 5.41) is 0. The first-order valence-electron chi connectivity index (χ1n) is 6.84. The zero-order valence-corrected chi connectivity index (χ0v) is 12.6. The summed E-state index contributed by atoms with van der Waals surface area (Å²) in [7, 11) is -3.49. The minimum Gasteiger partial charge on any atom is -0.333 e. The highest BCUT2D eigenvalue weighted by atomic mass is 32.2. The number of rotatable bonds is 3. The van der Waals surface area contributed by atoms with E-state index in [1.807, 2.05) is 17.7 Å². The molecule has 6 nitrogen and oxygen atoms in total. The van der Waals surface area contributed by atoms with Crippen LogP contribution in [0.5, 0.6) is 0 Å². The molecular formula is C14H18N4O2S. The van der Waals surface area contributed by atoms with Crippen LogP contribution in [-0.4, -0.2) is 28.8 Å². The Balaban J connectivity index is 1.87. The molecule has 0 saturated carbocycles. The Hall–Kier alpha value is -1.70. The fraction of sp³-hybridized carbons (Fsp3) is 0.357. The van der Waals surface area contributed by atoms with E-state index in [0.29, 0.717) is 24.5 Å².